The highest BCUT2D eigenvalue weighted by Crippen LogP contribution is 2.46. The molecule has 0 saturated carbocycles. The van der Waals surface area contributed by atoms with E-state index in [4.69, 9.17) is 23.7 Å². The zero-order valence-electron chi connectivity index (χ0n) is 20.4. The van der Waals surface area contributed by atoms with Gasteiger partial charge in [-0.25, -0.2) is 4.79 Å². The molecule has 0 amide bonds. The van der Waals surface area contributed by atoms with Crippen molar-refractivity contribution in [2.45, 2.75) is 26.2 Å². The molecule has 0 fully saturated rings. The molecule has 2 aliphatic rings. The minimum Gasteiger partial charge on any atom is -0.493 e. The Labute approximate surface area is 199 Å². The van der Waals surface area contributed by atoms with E-state index in [2.05, 4.69) is 5.32 Å². The second kappa shape index (κ2) is 10.7. The summed E-state index contributed by atoms with van der Waals surface area (Å²) < 4.78 is 26.2. The first-order valence-electron chi connectivity index (χ1n) is 11.0. The summed E-state index contributed by atoms with van der Waals surface area (Å²) in [5, 5.41) is 3.23. The lowest BCUT2D eigenvalue weighted by atomic mass is 9.69. The summed E-state index contributed by atoms with van der Waals surface area (Å²) in [5.74, 6) is -2.57. The quantitative estimate of drug-likeness (QED) is 0.346. The third-order valence-corrected chi connectivity index (χ3v) is 6.22. The van der Waals surface area contributed by atoms with Crippen molar-refractivity contribution in [3.8, 4) is 11.5 Å². The Bertz CT molecular complexity index is 1040. The van der Waals surface area contributed by atoms with Gasteiger partial charge in [0, 0.05) is 30.0 Å². The fourth-order valence-electron chi connectivity index (χ4n) is 4.61. The second-order valence-corrected chi connectivity index (χ2v) is 8.28. The van der Waals surface area contributed by atoms with Crippen molar-refractivity contribution in [3.63, 3.8) is 0 Å². The summed E-state index contributed by atoms with van der Waals surface area (Å²) in [6, 6.07) is 5.22. The van der Waals surface area contributed by atoms with Gasteiger partial charge < -0.3 is 29.0 Å². The molecule has 1 aliphatic heterocycles. The summed E-state index contributed by atoms with van der Waals surface area (Å²) in [7, 11) is 5.81. The lowest BCUT2D eigenvalue weighted by Gasteiger charge is -2.38. The standard InChI is InChI=1S/C25H31NO8/c1-13-11-16-22(23(27)19(13)24(28)33-6)21(15-7-8-17(31-4)18(12-15)32-5)20(14(2)26-16)25(29)34-10-9-30-3/h7-8,12-13,19,21,26H,9-11H2,1-6H3/t13-,19+,21+/m0/s1. The molecule has 1 aliphatic carbocycles. The number of allylic oxidation sites excluding steroid dienone is 3. The number of esters is 2. The number of Topliss-reactive ketones (excluding diaryl/α,β-unsaturated/α-hetero) is 1. The van der Waals surface area contributed by atoms with Gasteiger partial charge in [0.05, 0.1) is 33.5 Å². The number of ether oxygens (including phenoxy) is 5. The number of hydrogen-bond donors (Lipinski definition) is 1. The largest absolute Gasteiger partial charge is 0.493 e. The summed E-state index contributed by atoms with van der Waals surface area (Å²) in [4.78, 5) is 39.4. The van der Waals surface area contributed by atoms with E-state index in [9.17, 15) is 14.4 Å². The highest BCUT2D eigenvalue weighted by atomic mass is 16.6. The number of dihydropyridines is 1. The van der Waals surface area contributed by atoms with Crippen LogP contribution in [0.1, 0.15) is 31.7 Å². The smallest absolute Gasteiger partial charge is 0.336 e. The van der Waals surface area contributed by atoms with E-state index < -0.39 is 23.8 Å². The van der Waals surface area contributed by atoms with Crippen LogP contribution >= 0.6 is 0 Å². The van der Waals surface area contributed by atoms with Crippen molar-refractivity contribution >= 4 is 17.7 Å². The Kier molecular flexibility index (Phi) is 7.98. The average molecular weight is 474 g/mol. The summed E-state index contributed by atoms with van der Waals surface area (Å²) in [5.41, 5.74) is 2.54. The van der Waals surface area contributed by atoms with Crippen LogP contribution in [0.4, 0.5) is 0 Å². The van der Waals surface area contributed by atoms with Crippen LogP contribution in [0.2, 0.25) is 0 Å². The van der Waals surface area contributed by atoms with Gasteiger partial charge in [-0.2, -0.15) is 0 Å². The predicted molar refractivity (Wildman–Crippen MR) is 122 cm³/mol. The summed E-state index contributed by atoms with van der Waals surface area (Å²) >= 11 is 0. The molecule has 0 spiro atoms. The van der Waals surface area contributed by atoms with Crippen LogP contribution in [0.15, 0.2) is 40.7 Å². The Hall–Kier alpha value is -3.33. The molecule has 3 rings (SSSR count). The maximum Gasteiger partial charge on any atom is 0.336 e. The summed E-state index contributed by atoms with van der Waals surface area (Å²) in [6.45, 7) is 3.91. The van der Waals surface area contributed by atoms with Gasteiger partial charge in [-0.05, 0) is 37.0 Å². The van der Waals surface area contributed by atoms with Crippen LogP contribution in [-0.4, -0.2) is 59.4 Å². The number of hydrogen-bond acceptors (Lipinski definition) is 9. The van der Waals surface area contributed by atoms with Crippen molar-refractivity contribution in [2.24, 2.45) is 11.8 Å². The van der Waals surface area contributed by atoms with Crippen molar-refractivity contribution in [1.29, 1.82) is 0 Å². The van der Waals surface area contributed by atoms with Crippen molar-refractivity contribution in [1.82, 2.24) is 5.32 Å². The Balaban J connectivity index is 2.17. The van der Waals surface area contributed by atoms with E-state index in [-0.39, 0.29) is 30.5 Å². The minimum atomic E-state index is -0.961. The Morgan fingerprint density at radius 1 is 1.06 bits per heavy atom. The first-order chi connectivity index (χ1) is 16.3. The van der Waals surface area contributed by atoms with Gasteiger partial charge >= 0.3 is 11.9 Å². The first-order valence-corrected chi connectivity index (χ1v) is 11.0. The number of rotatable bonds is 8. The number of benzene rings is 1. The van der Waals surface area contributed by atoms with E-state index in [1.54, 1.807) is 25.1 Å². The second-order valence-electron chi connectivity index (χ2n) is 8.28. The van der Waals surface area contributed by atoms with Crippen LogP contribution in [0, 0.1) is 11.8 Å². The van der Waals surface area contributed by atoms with Crippen LogP contribution in [0.5, 0.6) is 11.5 Å². The molecule has 3 atom stereocenters. The van der Waals surface area contributed by atoms with Gasteiger partial charge in [-0.15, -0.1) is 0 Å². The van der Waals surface area contributed by atoms with Gasteiger partial charge in [0.1, 0.15) is 12.5 Å². The molecule has 0 saturated heterocycles. The van der Waals surface area contributed by atoms with E-state index in [0.29, 0.717) is 40.5 Å². The topological polar surface area (TPSA) is 109 Å². The molecular formula is C25H31NO8. The molecule has 9 nitrogen and oxygen atoms in total. The number of methoxy groups -OCH3 is 4. The third kappa shape index (κ3) is 4.65. The molecule has 1 N–H and O–H groups in total. The third-order valence-electron chi connectivity index (χ3n) is 6.22. The molecule has 1 heterocycles. The van der Waals surface area contributed by atoms with E-state index in [1.807, 2.05) is 6.92 Å². The highest BCUT2D eigenvalue weighted by Gasteiger charge is 2.47. The molecule has 1 aromatic rings. The fourth-order valence-corrected chi connectivity index (χ4v) is 4.61. The number of carbonyl (C=O) groups is 3. The van der Waals surface area contributed by atoms with E-state index >= 15 is 0 Å². The molecule has 1 aromatic carbocycles. The predicted octanol–water partition coefficient (Wildman–Crippen LogP) is 2.51. The monoisotopic (exact) mass is 473 g/mol. The highest BCUT2D eigenvalue weighted by molar-refractivity contribution is 6.12. The van der Waals surface area contributed by atoms with Gasteiger partial charge in [0.15, 0.2) is 17.3 Å². The summed E-state index contributed by atoms with van der Waals surface area (Å²) in [6.07, 6.45) is 0.452. The molecule has 0 radical (unpaired) electrons. The average Bonchev–Trinajstić information content (AvgIpc) is 2.82. The van der Waals surface area contributed by atoms with Crippen LogP contribution in [0.3, 0.4) is 0 Å². The lowest BCUT2D eigenvalue weighted by Crippen LogP contribution is -2.43. The van der Waals surface area contributed by atoms with Crippen LogP contribution < -0.4 is 14.8 Å². The molecule has 0 bridgehead atoms. The maximum absolute atomic E-state index is 13.7. The van der Waals surface area contributed by atoms with Crippen molar-refractivity contribution < 1.29 is 38.1 Å². The normalized spacial score (nSPS) is 22.1. The van der Waals surface area contributed by atoms with Crippen LogP contribution in [0.25, 0.3) is 0 Å². The van der Waals surface area contributed by atoms with Gasteiger partial charge in [-0.1, -0.05) is 13.0 Å². The Morgan fingerprint density at radius 2 is 1.76 bits per heavy atom. The maximum atomic E-state index is 13.7. The van der Waals surface area contributed by atoms with E-state index in [1.165, 1.54) is 28.4 Å². The fraction of sp³-hybridized carbons (Fsp3) is 0.480. The van der Waals surface area contributed by atoms with Crippen molar-refractivity contribution in [3.05, 3.63) is 46.3 Å². The SMILES string of the molecule is COCCOC(=O)C1=C(C)NC2=C(C(=O)[C@H](C(=O)OC)[C@@H](C)C2)[C@@H]1c1ccc(OC)c(OC)c1. The van der Waals surface area contributed by atoms with Gasteiger partial charge in [0.2, 0.25) is 0 Å². The molecule has 184 valence electrons. The first kappa shape index (κ1) is 25.3. The zero-order chi connectivity index (χ0) is 25.0. The molecule has 34 heavy (non-hydrogen) atoms. The number of ketones is 1. The number of carbonyl (C=O) groups excluding carboxylic acids is 3. The van der Waals surface area contributed by atoms with Gasteiger partial charge in [-0.3, -0.25) is 9.59 Å². The number of nitrogens with one attached hydrogen (secondary N) is 1. The molecular weight excluding hydrogens is 442 g/mol. The zero-order valence-corrected chi connectivity index (χ0v) is 20.4. The molecule has 0 aromatic heterocycles. The Morgan fingerprint density at radius 3 is 2.38 bits per heavy atom. The minimum absolute atomic E-state index is 0.0619. The van der Waals surface area contributed by atoms with Gasteiger partial charge in [0.25, 0.3) is 0 Å². The van der Waals surface area contributed by atoms with Crippen LogP contribution in [-0.2, 0) is 28.6 Å². The van der Waals surface area contributed by atoms with Crippen molar-refractivity contribution in [2.75, 3.05) is 41.7 Å². The lowest BCUT2D eigenvalue weighted by molar-refractivity contribution is -0.151. The van der Waals surface area contributed by atoms with E-state index in [0.717, 1.165) is 0 Å². The molecule has 0 unspecified atom stereocenters. The molecule has 9 heteroatoms.